The van der Waals surface area contributed by atoms with Crippen LogP contribution < -0.4 is 0 Å². The zero-order chi connectivity index (χ0) is 13.8. The van der Waals surface area contributed by atoms with E-state index in [1.165, 1.54) is 12.1 Å². The lowest BCUT2D eigenvalue weighted by Crippen LogP contribution is -2.43. The maximum Gasteiger partial charge on any atom is 0.273 e. The Labute approximate surface area is 115 Å². The fourth-order valence-electron chi connectivity index (χ4n) is 2.13. The van der Waals surface area contributed by atoms with Crippen molar-refractivity contribution in [3.8, 4) is 0 Å². The van der Waals surface area contributed by atoms with E-state index >= 15 is 0 Å². The van der Waals surface area contributed by atoms with E-state index < -0.39 is 4.92 Å². The summed E-state index contributed by atoms with van der Waals surface area (Å²) >= 11 is 5.89. The number of nitro benzene ring substituents is 1. The molecule has 1 aliphatic heterocycles. The Bertz CT molecular complexity index is 469. The number of morpholine rings is 1. The molecule has 19 heavy (non-hydrogen) atoms. The molecule has 0 spiro atoms. The highest BCUT2D eigenvalue weighted by atomic mass is 35.5. The number of nitrogens with zero attached hydrogens (tertiary/aromatic N) is 2. The maximum atomic E-state index is 11.0. The molecule has 1 aliphatic rings. The second kappa shape index (κ2) is 6.29. The van der Waals surface area contributed by atoms with Gasteiger partial charge in [0.2, 0.25) is 0 Å². The summed E-state index contributed by atoms with van der Waals surface area (Å²) in [6.07, 6.45) is -0.230. The van der Waals surface area contributed by atoms with Crippen molar-refractivity contribution in [2.45, 2.75) is 12.6 Å². The summed E-state index contributed by atoms with van der Waals surface area (Å²) in [5.74, 6) is 0. The molecule has 1 fully saturated rings. The summed E-state index contributed by atoms with van der Waals surface area (Å²) in [7, 11) is 0. The van der Waals surface area contributed by atoms with Crippen LogP contribution in [0.2, 0.25) is 5.02 Å². The molecule has 0 saturated carbocycles. The van der Waals surface area contributed by atoms with Crippen LogP contribution in [-0.4, -0.2) is 47.3 Å². The Balaban J connectivity index is 2.13. The normalized spacial score (nSPS) is 20.4. The van der Waals surface area contributed by atoms with Gasteiger partial charge in [0.25, 0.3) is 5.69 Å². The van der Waals surface area contributed by atoms with E-state index in [1.54, 1.807) is 6.07 Å². The predicted octanol–water partition coefficient (Wildman–Crippen LogP) is 1.44. The fraction of sp³-hybridized carbons (Fsp3) is 0.500. The molecule has 0 aromatic heterocycles. The lowest BCUT2D eigenvalue weighted by atomic mass is 10.1. The highest BCUT2D eigenvalue weighted by Crippen LogP contribution is 2.24. The Kier molecular flexibility index (Phi) is 4.71. The standard InChI is InChI=1S/C12H15ClN2O4/c13-10-1-2-12(15(17)18)9(5-10)6-14-3-4-19-11(7-14)8-16/h1-2,5,11,16H,3-4,6-8H2. The van der Waals surface area contributed by atoms with Crippen LogP contribution >= 0.6 is 11.6 Å². The highest BCUT2D eigenvalue weighted by Gasteiger charge is 2.22. The third-order valence-corrected chi connectivity index (χ3v) is 3.29. The van der Waals surface area contributed by atoms with Crippen LogP contribution in [0.1, 0.15) is 5.56 Å². The van der Waals surface area contributed by atoms with E-state index in [4.69, 9.17) is 21.4 Å². The van der Waals surface area contributed by atoms with E-state index in [9.17, 15) is 10.1 Å². The van der Waals surface area contributed by atoms with Gasteiger partial charge in [-0.3, -0.25) is 15.0 Å². The quantitative estimate of drug-likeness (QED) is 0.669. The first kappa shape index (κ1) is 14.2. The first-order valence-corrected chi connectivity index (χ1v) is 6.35. The van der Waals surface area contributed by atoms with Gasteiger partial charge in [0.15, 0.2) is 0 Å². The Morgan fingerprint density at radius 3 is 3.05 bits per heavy atom. The van der Waals surface area contributed by atoms with Crippen LogP contribution in [0.4, 0.5) is 5.69 Å². The number of hydrogen-bond donors (Lipinski definition) is 1. The van der Waals surface area contributed by atoms with Crippen molar-refractivity contribution in [3.63, 3.8) is 0 Å². The minimum Gasteiger partial charge on any atom is -0.394 e. The third kappa shape index (κ3) is 3.63. The van der Waals surface area contributed by atoms with Gasteiger partial charge in [-0.25, -0.2) is 0 Å². The third-order valence-electron chi connectivity index (χ3n) is 3.06. The molecule has 0 aliphatic carbocycles. The molecular weight excluding hydrogens is 272 g/mol. The van der Waals surface area contributed by atoms with E-state index in [0.29, 0.717) is 36.8 Å². The minimum absolute atomic E-state index is 0.0475. The molecule has 1 atom stereocenters. The fourth-order valence-corrected chi connectivity index (χ4v) is 2.33. The van der Waals surface area contributed by atoms with Crippen molar-refractivity contribution in [2.24, 2.45) is 0 Å². The van der Waals surface area contributed by atoms with Crippen LogP contribution in [0.25, 0.3) is 0 Å². The van der Waals surface area contributed by atoms with Gasteiger partial charge in [0.05, 0.1) is 24.2 Å². The number of nitro groups is 1. The van der Waals surface area contributed by atoms with Gasteiger partial charge >= 0.3 is 0 Å². The first-order chi connectivity index (χ1) is 9.10. The number of halogens is 1. The summed E-state index contributed by atoms with van der Waals surface area (Å²) in [4.78, 5) is 12.6. The zero-order valence-electron chi connectivity index (χ0n) is 10.3. The van der Waals surface area contributed by atoms with Crippen molar-refractivity contribution in [3.05, 3.63) is 38.9 Å². The average Bonchev–Trinajstić information content (AvgIpc) is 2.38. The van der Waals surface area contributed by atoms with Gasteiger partial charge in [0, 0.05) is 36.3 Å². The van der Waals surface area contributed by atoms with Crippen molar-refractivity contribution in [2.75, 3.05) is 26.3 Å². The molecule has 1 N–H and O–H groups in total. The Morgan fingerprint density at radius 2 is 2.37 bits per heavy atom. The van der Waals surface area contributed by atoms with Gasteiger partial charge in [-0.05, 0) is 12.1 Å². The summed E-state index contributed by atoms with van der Waals surface area (Å²) in [5.41, 5.74) is 0.646. The molecule has 104 valence electrons. The van der Waals surface area contributed by atoms with E-state index in [0.717, 1.165) is 0 Å². The topological polar surface area (TPSA) is 75.8 Å². The summed E-state index contributed by atoms with van der Waals surface area (Å²) in [5, 5.41) is 20.5. The van der Waals surface area contributed by atoms with Crippen molar-refractivity contribution in [1.29, 1.82) is 0 Å². The highest BCUT2D eigenvalue weighted by molar-refractivity contribution is 6.30. The van der Waals surface area contributed by atoms with Crippen LogP contribution in [0, 0.1) is 10.1 Å². The number of aliphatic hydroxyl groups excluding tert-OH is 1. The smallest absolute Gasteiger partial charge is 0.273 e. The van der Waals surface area contributed by atoms with Gasteiger partial charge in [-0.1, -0.05) is 11.6 Å². The van der Waals surface area contributed by atoms with Gasteiger partial charge in [-0.15, -0.1) is 0 Å². The van der Waals surface area contributed by atoms with Gasteiger partial charge in [0.1, 0.15) is 0 Å². The van der Waals surface area contributed by atoms with Gasteiger partial charge in [-0.2, -0.15) is 0 Å². The summed E-state index contributed by atoms with van der Waals surface area (Å²) < 4.78 is 5.34. The van der Waals surface area contributed by atoms with Crippen LogP contribution in [0.3, 0.4) is 0 Å². The van der Waals surface area contributed by atoms with E-state index in [-0.39, 0.29) is 18.4 Å². The SMILES string of the molecule is O=[N+]([O-])c1ccc(Cl)cc1CN1CCOC(CO)C1. The second-order valence-corrected chi connectivity index (χ2v) is 4.88. The van der Waals surface area contributed by atoms with Gasteiger partial charge < -0.3 is 9.84 Å². The zero-order valence-corrected chi connectivity index (χ0v) is 11.0. The minimum atomic E-state index is -0.407. The molecule has 0 amide bonds. The molecular formula is C12H15ClN2O4. The van der Waals surface area contributed by atoms with Crippen LogP contribution in [-0.2, 0) is 11.3 Å². The monoisotopic (exact) mass is 286 g/mol. The molecule has 7 heteroatoms. The number of benzene rings is 1. The number of hydrogen-bond acceptors (Lipinski definition) is 5. The molecule has 1 saturated heterocycles. The number of rotatable bonds is 4. The first-order valence-electron chi connectivity index (χ1n) is 5.98. The molecule has 1 heterocycles. The molecule has 0 radical (unpaired) electrons. The molecule has 1 aromatic carbocycles. The maximum absolute atomic E-state index is 11.0. The average molecular weight is 287 g/mol. The van der Waals surface area contributed by atoms with Crippen molar-refractivity contribution < 1.29 is 14.8 Å². The van der Waals surface area contributed by atoms with Crippen LogP contribution in [0.15, 0.2) is 18.2 Å². The second-order valence-electron chi connectivity index (χ2n) is 4.44. The lowest BCUT2D eigenvalue weighted by molar-refractivity contribution is -0.385. The van der Waals surface area contributed by atoms with Crippen molar-refractivity contribution >= 4 is 17.3 Å². The summed E-state index contributed by atoms with van der Waals surface area (Å²) in [6, 6.07) is 4.55. The molecule has 0 bridgehead atoms. The van der Waals surface area contributed by atoms with Crippen molar-refractivity contribution in [1.82, 2.24) is 4.90 Å². The molecule has 2 rings (SSSR count). The predicted molar refractivity (Wildman–Crippen MR) is 70.2 cm³/mol. The number of aliphatic hydroxyl groups is 1. The Morgan fingerprint density at radius 1 is 1.58 bits per heavy atom. The Hall–Kier alpha value is -1.21. The van der Waals surface area contributed by atoms with E-state index in [1.807, 2.05) is 4.90 Å². The lowest BCUT2D eigenvalue weighted by Gasteiger charge is -2.31. The summed E-state index contributed by atoms with van der Waals surface area (Å²) in [6.45, 7) is 2.13. The van der Waals surface area contributed by atoms with Crippen LogP contribution in [0.5, 0.6) is 0 Å². The van der Waals surface area contributed by atoms with E-state index in [2.05, 4.69) is 0 Å². The number of ether oxygens (including phenoxy) is 1. The molecule has 1 unspecified atom stereocenters. The largest absolute Gasteiger partial charge is 0.394 e. The molecule has 1 aromatic rings. The molecule has 6 nitrogen and oxygen atoms in total.